The van der Waals surface area contributed by atoms with Crippen LogP contribution in [0.1, 0.15) is 59.8 Å². The summed E-state index contributed by atoms with van der Waals surface area (Å²) >= 11 is 0. The van der Waals surface area contributed by atoms with Gasteiger partial charge in [-0.3, -0.25) is 0 Å². The van der Waals surface area contributed by atoms with Gasteiger partial charge in [-0.05, 0) is 38.0 Å². The van der Waals surface area contributed by atoms with E-state index in [1.165, 1.54) is 0 Å². The van der Waals surface area contributed by atoms with E-state index < -0.39 is 11.5 Å². The van der Waals surface area contributed by atoms with E-state index in [0.717, 1.165) is 19.3 Å². The molecule has 0 aromatic rings. The lowest BCUT2D eigenvalue weighted by Gasteiger charge is -2.32. The van der Waals surface area contributed by atoms with Gasteiger partial charge in [-0.15, -0.1) is 0 Å². The number of carbonyl (C=O) groups is 2. The molecule has 0 radical (unpaired) electrons. The summed E-state index contributed by atoms with van der Waals surface area (Å²) < 4.78 is 0. The molecule has 20 heavy (non-hydrogen) atoms. The van der Waals surface area contributed by atoms with Crippen LogP contribution in [0.2, 0.25) is 0 Å². The maximum atomic E-state index is 12.4. The summed E-state index contributed by atoms with van der Waals surface area (Å²) in [6, 6.07) is 0.0770. The molecule has 0 spiro atoms. The Hall–Kier alpha value is -1.26. The monoisotopic (exact) mass is 284 g/mol. The van der Waals surface area contributed by atoms with Gasteiger partial charge in [0.15, 0.2) is 0 Å². The Bertz CT molecular complexity index is 347. The maximum absolute atomic E-state index is 12.4. The first-order chi connectivity index (χ1) is 9.36. The van der Waals surface area contributed by atoms with Crippen molar-refractivity contribution >= 4 is 12.0 Å². The highest BCUT2D eigenvalue weighted by Gasteiger charge is 2.40. The molecule has 0 unspecified atom stereocenters. The first kappa shape index (κ1) is 16.8. The Kier molecular flexibility index (Phi) is 5.84. The molecule has 1 saturated carbocycles. The third-order valence-electron chi connectivity index (χ3n) is 4.16. The summed E-state index contributed by atoms with van der Waals surface area (Å²) in [7, 11) is 0. The van der Waals surface area contributed by atoms with E-state index >= 15 is 0 Å². The molecule has 0 aromatic heterocycles. The van der Waals surface area contributed by atoms with Crippen molar-refractivity contribution in [3.8, 4) is 0 Å². The Morgan fingerprint density at radius 2 is 1.85 bits per heavy atom. The number of aliphatic carboxylic acids is 1. The van der Waals surface area contributed by atoms with Gasteiger partial charge in [0.25, 0.3) is 0 Å². The van der Waals surface area contributed by atoms with E-state index in [0.29, 0.717) is 31.3 Å². The lowest BCUT2D eigenvalue weighted by Crippen LogP contribution is -2.57. The Balaban J connectivity index is 2.71. The zero-order valence-electron chi connectivity index (χ0n) is 13.1. The number of rotatable bonds is 8. The first-order valence-corrected chi connectivity index (χ1v) is 7.68. The van der Waals surface area contributed by atoms with E-state index in [4.69, 9.17) is 0 Å². The fourth-order valence-electron chi connectivity index (χ4n) is 2.29. The lowest BCUT2D eigenvalue weighted by atomic mass is 9.93. The third kappa shape index (κ3) is 4.12. The molecule has 0 atom stereocenters. The Labute approximate surface area is 121 Å². The summed E-state index contributed by atoms with van der Waals surface area (Å²) in [6.45, 7) is 8.56. The van der Waals surface area contributed by atoms with Gasteiger partial charge in [0, 0.05) is 12.6 Å². The number of nitrogens with zero attached hydrogens (tertiary/aromatic N) is 1. The molecule has 2 N–H and O–H groups in total. The fourth-order valence-corrected chi connectivity index (χ4v) is 2.29. The number of urea groups is 1. The van der Waals surface area contributed by atoms with Crippen molar-refractivity contribution < 1.29 is 14.7 Å². The molecular weight excluding hydrogens is 256 g/mol. The van der Waals surface area contributed by atoms with Crippen molar-refractivity contribution in [2.24, 2.45) is 5.92 Å². The number of amides is 2. The normalized spacial score (nSPS) is 15.2. The van der Waals surface area contributed by atoms with E-state index in [2.05, 4.69) is 19.2 Å². The molecule has 0 heterocycles. The van der Waals surface area contributed by atoms with Gasteiger partial charge in [-0.1, -0.05) is 27.7 Å². The minimum Gasteiger partial charge on any atom is -0.480 e. The number of nitrogens with one attached hydrogen (secondary N) is 1. The molecule has 1 fully saturated rings. The van der Waals surface area contributed by atoms with Gasteiger partial charge in [-0.2, -0.15) is 0 Å². The quantitative estimate of drug-likeness (QED) is 0.720. The van der Waals surface area contributed by atoms with Crippen LogP contribution in [0.3, 0.4) is 0 Å². The molecular formula is C15H28N2O3. The van der Waals surface area contributed by atoms with Crippen LogP contribution in [0.15, 0.2) is 0 Å². The smallest absolute Gasteiger partial charge is 0.329 e. The standard InChI is InChI=1S/C15H28N2O3/c1-5-15(6-2,13(18)19)16-14(20)17(12-7-8-12)10-9-11(3)4/h11-12H,5-10H2,1-4H3,(H,16,20)(H,18,19). The minimum absolute atomic E-state index is 0.223. The highest BCUT2D eigenvalue weighted by Crippen LogP contribution is 2.28. The van der Waals surface area contributed by atoms with Crippen LogP contribution in [-0.4, -0.2) is 40.1 Å². The Morgan fingerprint density at radius 3 is 2.20 bits per heavy atom. The average molecular weight is 284 g/mol. The number of carboxylic acid groups (broad SMARTS) is 1. The zero-order chi connectivity index (χ0) is 15.3. The summed E-state index contributed by atoms with van der Waals surface area (Å²) in [5, 5.41) is 12.2. The van der Waals surface area contributed by atoms with Crippen LogP contribution in [0.25, 0.3) is 0 Å². The summed E-state index contributed by atoms with van der Waals surface area (Å²) in [5.74, 6) is -0.416. The van der Waals surface area contributed by atoms with E-state index in [1.807, 2.05) is 4.90 Å². The molecule has 5 nitrogen and oxygen atoms in total. The summed E-state index contributed by atoms with van der Waals surface area (Å²) in [6.07, 6.45) is 3.80. The highest BCUT2D eigenvalue weighted by atomic mass is 16.4. The largest absolute Gasteiger partial charge is 0.480 e. The van der Waals surface area contributed by atoms with E-state index in [1.54, 1.807) is 13.8 Å². The van der Waals surface area contributed by atoms with Crippen molar-refractivity contribution in [3.63, 3.8) is 0 Å². The molecule has 0 bridgehead atoms. The molecule has 2 amide bonds. The van der Waals surface area contributed by atoms with Crippen LogP contribution < -0.4 is 5.32 Å². The second-order valence-electron chi connectivity index (χ2n) is 6.13. The average Bonchev–Trinajstić information content (AvgIpc) is 3.20. The van der Waals surface area contributed by atoms with Gasteiger partial charge in [-0.25, -0.2) is 9.59 Å². The SMILES string of the molecule is CCC(CC)(NC(=O)N(CCC(C)C)C1CC1)C(=O)O. The van der Waals surface area contributed by atoms with Gasteiger partial charge in [0.05, 0.1) is 0 Å². The van der Waals surface area contributed by atoms with E-state index in [-0.39, 0.29) is 6.03 Å². The van der Waals surface area contributed by atoms with Crippen LogP contribution in [0, 0.1) is 5.92 Å². The number of carboxylic acids is 1. The summed E-state index contributed by atoms with van der Waals surface area (Å²) in [4.78, 5) is 25.7. The minimum atomic E-state index is -1.14. The Morgan fingerprint density at radius 1 is 1.30 bits per heavy atom. The molecule has 0 aliphatic heterocycles. The molecule has 0 saturated heterocycles. The van der Waals surface area contributed by atoms with Crippen LogP contribution in [-0.2, 0) is 4.79 Å². The fraction of sp³-hybridized carbons (Fsp3) is 0.867. The first-order valence-electron chi connectivity index (χ1n) is 7.68. The maximum Gasteiger partial charge on any atom is 0.329 e. The number of hydrogen-bond donors (Lipinski definition) is 2. The molecule has 0 aromatic carbocycles. The topological polar surface area (TPSA) is 69.6 Å². The predicted octanol–water partition coefficient (Wildman–Crippen LogP) is 2.85. The molecule has 116 valence electrons. The number of carbonyl (C=O) groups excluding carboxylic acids is 1. The van der Waals surface area contributed by atoms with Crippen molar-refractivity contribution in [3.05, 3.63) is 0 Å². The third-order valence-corrected chi connectivity index (χ3v) is 4.16. The zero-order valence-corrected chi connectivity index (χ0v) is 13.1. The van der Waals surface area contributed by atoms with Crippen LogP contribution in [0.5, 0.6) is 0 Å². The van der Waals surface area contributed by atoms with Gasteiger partial charge >= 0.3 is 12.0 Å². The summed E-state index contributed by atoms with van der Waals surface area (Å²) in [5.41, 5.74) is -1.14. The molecule has 1 rings (SSSR count). The second kappa shape index (κ2) is 6.95. The van der Waals surface area contributed by atoms with Crippen LogP contribution in [0.4, 0.5) is 4.79 Å². The predicted molar refractivity (Wildman–Crippen MR) is 78.7 cm³/mol. The molecule has 1 aliphatic carbocycles. The number of hydrogen-bond acceptors (Lipinski definition) is 2. The van der Waals surface area contributed by atoms with Gasteiger partial charge in [0.1, 0.15) is 5.54 Å². The van der Waals surface area contributed by atoms with Gasteiger partial charge in [0.2, 0.25) is 0 Å². The van der Waals surface area contributed by atoms with Crippen molar-refractivity contribution in [1.29, 1.82) is 0 Å². The van der Waals surface area contributed by atoms with Crippen molar-refractivity contribution in [2.45, 2.75) is 71.4 Å². The molecule has 5 heteroatoms. The highest BCUT2D eigenvalue weighted by molar-refractivity contribution is 5.86. The lowest BCUT2D eigenvalue weighted by molar-refractivity contribution is -0.144. The molecule has 1 aliphatic rings. The van der Waals surface area contributed by atoms with Crippen molar-refractivity contribution in [2.75, 3.05) is 6.54 Å². The van der Waals surface area contributed by atoms with Gasteiger partial charge < -0.3 is 15.3 Å². The van der Waals surface area contributed by atoms with Crippen molar-refractivity contribution in [1.82, 2.24) is 10.2 Å². The second-order valence-corrected chi connectivity index (χ2v) is 6.13. The van der Waals surface area contributed by atoms with E-state index in [9.17, 15) is 14.7 Å². The van der Waals surface area contributed by atoms with Crippen LogP contribution >= 0.6 is 0 Å².